The molecule has 2 heterocycles. The van der Waals surface area contributed by atoms with Crippen molar-refractivity contribution in [2.75, 3.05) is 11.4 Å². The van der Waals surface area contributed by atoms with E-state index in [1.165, 1.54) is 0 Å². The van der Waals surface area contributed by atoms with Gasteiger partial charge in [0, 0.05) is 24.3 Å². The van der Waals surface area contributed by atoms with E-state index in [2.05, 4.69) is 4.90 Å². The number of furan rings is 1. The number of benzene rings is 1. The highest BCUT2D eigenvalue weighted by molar-refractivity contribution is 5.91. The molecular weight excluding hydrogens is 242 g/mol. The third-order valence-corrected chi connectivity index (χ3v) is 3.53. The summed E-state index contributed by atoms with van der Waals surface area (Å²) in [6.07, 6.45) is 5.21. The van der Waals surface area contributed by atoms with Crippen molar-refractivity contribution in [1.82, 2.24) is 0 Å². The second-order valence-corrected chi connectivity index (χ2v) is 4.77. The van der Waals surface area contributed by atoms with Crippen molar-refractivity contribution in [2.24, 2.45) is 0 Å². The molecule has 1 N–H and O–H groups in total. The van der Waals surface area contributed by atoms with Crippen molar-refractivity contribution in [2.45, 2.75) is 19.4 Å². The van der Waals surface area contributed by atoms with Gasteiger partial charge in [-0.1, -0.05) is 6.07 Å². The molecule has 0 bridgehead atoms. The third-order valence-electron chi connectivity index (χ3n) is 3.53. The molecule has 1 aliphatic rings. The van der Waals surface area contributed by atoms with Crippen LogP contribution in [0.4, 0.5) is 5.69 Å². The molecule has 0 aliphatic carbocycles. The van der Waals surface area contributed by atoms with Gasteiger partial charge in [-0.3, -0.25) is 0 Å². The smallest absolute Gasteiger partial charge is 0.336 e. The first-order chi connectivity index (χ1) is 9.25. The van der Waals surface area contributed by atoms with Crippen molar-refractivity contribution < 1.29 is 14.3 Å². The van der Waals surface area contributed by atoms with Crippen LogP contribution in [0.3, 0.4) is 0 Å². The van der Waals surface area contributed by atoms with E-state index in [9.17, 15) is 9.90 Å². The second-order valence-electron chi connectivity index (χ2n) is 4.77. The lowest BCUT2D eigenvalue weighted by molar-refractivity contribution is 0.0695. The van der Waals surface area contributed by atoms with Gasteiger partial charge in [0.25, 0.3) is 0 Å². The Morgan fingerprint density at radius 2 is 2.26 bits per heavy atom. The van der Waals surface area contributed by atoms with Crippen molar-refractivity contribution in [1.29, 1.82) is 0 Å². The van der Waals surface area contributed by atoms with Gasteiger partial charge in [0.1, 0.15) is 0 Å². The van der Waals surface area contributed by atoms with Gasteiger partial charge >= 0.3 is 5.97 Å². The van der Waals surface area contributed by atoms with Gasteiger partial charge in [0.15, 0.2) is 0 Å². The molecule has 1 aromatic heterocycles. The van der Waals surface area contributed by atoms with Crippen LogP contribution in [-0.2, 0) is 13.0 Å². The number of carbonyl (C=O) groups is 1. The largest absolute Gasteiger partial charge is 0.478 e. The highest BCUT2D eigenvalue weighted by atomic mass is 16.4. The summed E-state index contributed by atoms with van der Waals surface area (Å²) in [6.45, 7) is 1.70. The van der Waals surface area contributed by atoms with Crippen LogP contribution in [0.15, 0.2) is 41.2 Å². The Kier molecular flexibility index (Phi) is 2.99. The van der Waals surface area contributed by atoms with Gasteiger partial charge in [-0.05, 0) is 36.6 Å². The monoisotopic (exact) mass is 257 g/mol. The zero-order chi connectivity index (χ0) is 13.2. The Morgan fingerprint density at radius 3 is 3.00 bits per heavy atom. The van der Waals surface area contributed by atoms with E-state index in [1.807, 2.05) is 18.2 Å². The van der Waals surface area contributed by atoms with Crippen LogP contribution < -0.4 is 4.90 Å². The van der Waals surface area contributed by atoms with Crippen molar-refractivity contribution >= 4 is 11.7 Å². The molecule has 1 aromatic carbocycles. The highest BCUT2D eigenvalue weighted by Crippen LogP contribution is 2.31. The number of aromatic carboxylic acids is 1. The first-order valence-electron chi connectivity index (χ1n) is 6.37. The molecule has 1 aliphatic heterocycles. The molecule has 4 nitrogen and oxygen atoms in total. The Balaban J connectivity index is 1.96. The molecule has 0 spiro atoms. The summed E-state index contributed by atoms with van der Waals surface area (Å²) >= 11 is 0. The maximum Gasteiger partial charge on any atom is 0.336 e. The minimum atomic E-state index is -0.845. The fraction of sp³-hybridized carbons (Fsp3) is 0.267. The average Bonchev–Trinajstić information content (AvgIpc) is 2.91. The Bertz CT molecular complexity index is 589. The highest BCUT2D eigenvalue weighted by Gasteiger charge is 2.22. The van der Waals surface area contributed by atoms with E-state index < -0.39 is 5.97 Å². The van der Waals surface area contributed by atoms with E-state index in [0.717, 1.165) is 42.7 Å². The van der Waals surface area contributed by atoms with Crippen LogP contribution in [0.5, 0.6) is 0 Å². The molecule has 0 saturated heterocycles. The summed E-state index contributed by atoms with van der Waals surface area (Å²) in [5, 5.41) is 9.25. The maximum absolute atomic E-state index is 11.3. The first kappa shape index (κ1) is 11.8. The van der Waals surface area contributed by atoms with Gasteiger partial charge in [-0.2, -0.15) is 0 Å². The van der Waals surface area contributed by atoms with Gasteiger partial charge in [-0.15, -0.1) is 0 Å². The number of fused-ring (bicyclic) bond motifs is 1. The minimum Gasteiger partial charge on any atom is -0.478 e. The van der Waals surface area contributed by atoms with Crippen molar-refractivity contribution in [3.8, 4) is 0 Å². The normalized spacial score (nSPS) is 14.2. The molecule has 0 atom stereocenters. The molecule has 3 rings (SSSR count). The number of carboxylic acids is 1. The summed E-state index contributed by atoms with van der Waals surface area (Å²) in [5.41, 5.74) is 3.51. The number of carboxylic acid groups (broad SMARTS) is 1. The first-order valence-corrected chi connectivity index (χ1v) is 6.37. The van der Waals surface area contributed by atoms with Crippen LogP contribution >= 0.6 is 0 Å². The van der Waals surface area contributed by atoms with Gasteiger partial charge in [0.05, 0.1) is 18.1 Å². The summed E-state index contributed by atoms with van der Waals surface area (Å²) in [4.78, 5) is 13.5. The zero-order valence-corrected chi connectivity index (χ0v) is 10.5. The number of hydrogen-bond donors (Lipinski definition) is 1. The fourth-order valence-electron chi connectivity index (χ4n) is 2.67. The van der Waals surface area contributed by atoms with E-state index in [0.29, 0.717) is 5.56 Å². The Hall–Kier alpha value is -2.23. The van der Waals surface area contributed by atoms with Gasteiger partial charge in [-0.25, -0.2) is 4.79 Å². The summed E-state index contributed by atoms with van der Waals surface area (Å²) in [5.74, 6) is -0.845. The van der Waals surface area contributed by atoms with Gasteiger partial charge in [0.2, 0.25) is 0 Å². The van der Waals surface area contributed by atoms with Gasteiger partial charge < -0.3 is 14.4 Å². The molecule has 0 radical (unpaired) electrons. The second kappa shape index (κ2) is 4.80. The van der Waals surface area contributed by atoms with E-state index in [-0.39, 0.29) is 0 Å². The minimum absolute atomic E-state index is 0.425. The number of nitrogens with zero attached hydrogens (tertiary/aromatic N) is 1. The molecule has 98 valence electrons. The van der Waals surface area contributed by atoms with Crippen LogP contribution in [0.25, 0.3) is 0 Å². The van der Waals surface area contributed by atoms with E-state index in [4.69, 9.17) is 4.42 Å². The number of anilines is 1. The molecule has 19 heavy (non-hydrogen) atoms. The predicted molar refractivity (Wildman–Crippen MR) is 71.5 cm³/mol. The molecule has 0 saturated carbocycles. The average molecular weight is 257 g/mol. The van der Waals surface area contributed by atoms with Crippen molar-refractivity contribution in [3.05, 3.63) is 53.5 Å². The molecule has 4 heteroatoms. The topological polar surface area (TPSA) is 53.7 Å². The van der Waals surface area contributed by atoms with E-state index >= 15 is 0 Å². The Labute approximate surface area is 111 Å². The summed E-state index contributed by atoms with van der Waals surface area (Å²) < 4.78 is 5.09. The molecule has 0 fully saturated rings. The van der Waals surface area contributed by atoms with Crippen LogP contribution in [0, 0.1) is 0 Å². The zero-order valence-electron chi connectivity index (χ0n) is 10.5. The van der Waals surface area contributed by atoms with Crippen LogP contribution in [0.2, 0.25) is 0 Å². The van der Waals surface area contributed by atoms with E-state index in [1.54, 1.807) is 18.6 Å². The lowest BCUT2D eigenvalue weighted by Crippen LogP contribution is -2.29. The SMILES string of the molecule is O=C(O)c1cccc2c1CCCN2Cc1ccoc1. The molecule has 2 aromatic rings. The standard InChI is InChI=1S/C15H15NO3/c17-15(18)13-3-1-5-14-12(13)4-2-7-16(14)9-11-6-8-19-10-11/h1,3,5-6,8,10H,2,4,7,9H2,(H,17,18). The third kappa shape index (κ3) is 2.21. The lowest BCUT2D eigenvalue weighted by atomic mass is 9.96. The predicted octanol–water partition coefficient (Wildman–Crippen LogP) is 2.93. The fourth-order valence-corrected chi connectivity index (χ4v) is 2.67. The molecule has 0 amide bonds. The number of rotatable bonds is 3. The maximum atomic E-state index is 11.3. The summed E-state index contributed by atoms with van der Waals surface area (Å²) in [6, 6.07) is 7.44. The molecule has 0 unspecified atom stereocenters. The summed E-state index contributed by atoms with van der Waals surface area (Å²) in [7, 11) is 0. The van der Waals surface area contributed by atoms with Crippen LogP contribution in [0.1, 0.15) is 27.9 Å². The van der Waals surface area contributed by atoms with Crippen LogP contribution in [-0.4, -0.2) is 17.6 Å². The van der Waals surface area contributed by atoms with Crippen molar-refractivity contribution in [3.63, 3.8) is 0 Å². The molecular formula is C15H15NO3. The quantitative estimate of drug-likeness (QED) is 0.918. The Morgan fingerprint density at radius 1 is 1.37 bits per heavy atom. The lowest BCUT2D eigenvalue weighted by Gasteiger charge is -2.31. The number of hydrogen-bond acceptors (Lipinski definition) is 3.